The molecule has 17 heavy (non-hydrogen) atoms. The molecule has 1 aromatic carbocycles. The van der Waals surface area contributed by atoms with E-state index in [4.69, 9.17) is 4.42 Å². The van der Waals surface area contributed by atoms with E-state index in [1.165, 1.54) is 9.13 Å². The quantitative estimate of drug-likeness (QED) is 0.838. The summed E-state index contributed by atoms with van der Waals surface area (Å²) in [5, 5.41) is 3.50. The molecule has 0 aliphatic carbocycles. The molecule has 1 unspecified atom stereocenters. The van der Waals surface area contributed by atoms with Gasteiger partial charge in [-0.1, -0.05) is 19.1 Å². The van der Waals surface area contributed by atoms with Crippen molar-refractivity contribution in [3.8, 4) is 0 Å². The van der Waals surface area contributed by atoms with Crippen LogP contribution in [0.1, 0.15) is 24.3 Å². The molecule has 0 amide bonds. The second-order valence-corrected chi connectivity index (χ2v) is 5.19. The maximum atomic E-state index is 5.42. The van der Waals surface area contributed by atoms with Crippen molar-refractivity contribution < 1.29 is 4.42 Å². The first-order valence-electron chi connectivity index (χ1n) is 5.81. The first kappa shape index (κ1) is 12.6. The smallest absolute Gasteiger partial charge is 0.105 e. The molecule has 0 aliphatic heterocycles. The van der Waals surface area contributed by atoms with Gasteiger partial charge in [-0.3, -0.25) is 0 Å². The largest absolute Gasteiger partial charge is 0.469 e. The number of furan rings is 1. The van der Waals surface area contributed by atoms with Crippen molar-refractivity contribution >= 4 is 22.6 Å². The fraction of sp³-hybridized carbons (Fsp3) is 0.286. The number of rotatable bonds is 5. The third-order valence-electron chi connectivity index (χ3n) is 2.69. The maximum absolute atomic E-state index is 5.42. The second-order valence-electron chi connectivity index (χ2n) is 3.95. The van der Waals surface area contributed by atoms with Crippen LogP contribution in [0.5, 0.6) is 0 Å². The van der Waals surface area contributed by atoms with E-state index in [1.807, 2.05) is 12.1 Å². The lowest BCUT2D eigenvalue weighted by Crippen LogP contribution is -2.22. The maximum Gasteiger partial charge on any atom is 0.105 e. The molecule has 1 aromatic heterocycles. The molecule has 0 fully saturated rings. The van der Waals surface area contributed by atoms with E-state index in [2.05, 4.69) is 59.1 Å². The summed E-state index contributed by atoms with van der Waals surface area (Å²) in [6.07, 6.45) is 2.62. The molecule has 2 rings (SSSR count). The summed E-state index contributed by atoms with van der Waals surface area (Å²) < 4.78 is 6.69. The number of halogens is 1. The van der Waals surface area contributed by atoms with E-state index in [9.17, 15) is 0 Å². The van der Waals surface area contributed by atoms with Gasteiger partial charge in [-0.2, -0.15) is 0 Å². The average molecular weight is 341 g/mol. The van der Waals surface area contributed by atoms with Crippen molar-refractivity contribution in [1.29, 1.82) is 0 Å². The Bertz CT molecular complexity index is 453. The van der Waals surface area contributed by atoms with Crippen LogP contribution in [0.4, 0.5) is 0 Å². The molecule has 2 aromatic rings. The standard InChI is InChI=1S/C14H16INO/c1-2-16-14(10-13-7-4-8-17-13)11-5-3-6-12(15)9-11/h3-9,14,16H,2,10H2,1H3. The van der Waals surface area contributed by atoms with Crippen molar-refractivity contribution in [1.82, 2.24) is 5.32 Å². The molecular weight excluding hydrogens is 325 g/mol. The molecule has 90 valence electrons. The van der Waals surface area contributed by atoms with Gasteiger partial charge in [0.2, 0.25) is 0 Å². The summed E-state index contributed by atoms with van der Waals surface area (Å²) in [5.41, 5.74) is 1.31. The number of hydrogen-bond acceptors (Lipinski definition) is 2. The van der Waals surface area contributed by atoms with E-state index >= 15 is 0 Å². The monoisotopic (exact) mass is 341 g/mol. The van der Waals surface area contributed by atoms with E-state index in [0.29, 0.717) is 6.04 Å². The number of likely N-dealkylation sites (N-methyl/N-ethyl adjacent to an activating group) is 1. The highest BCUT2D eigenvalue weighted by Crippen LogP contribution is 2.20. The van der Waals surface area contributed by atoms with Crippen molar-refractivity contribution in [3.05, 3.63) is 57.6 Å². The summed E-state index contributed by atoms with van der Waals surface area (Å²) in [5.74, 6) is 1.02. The Hall–Kier alpha value is -0.810. The van der Waals surface area contributed by atoms with Crippen molar-refractivity contribution in [2.24, 2.45) is 0 Å². The molecule has 0 aliphatic rings. The van der Waals surface area contributed by atoms with Gasteiger partial charge in [-0.05, 0) is 59.0 Å². The van der Waals surface area contributed by atoms with Crippen LogP contribution in [0.15, 0.2) is 47.1 Å². The van der Waals surface area contributed by atoms with E-state index in [1.54, 1.807) is 6.26 Å². The molecule has 0 saturated heterocycles. The van der Waals surface area contributed by atoms with E-state index < -0.39 is 0 Å². The number of nitrogens with one attached hydrogen (secondary N) is 1. The van der Waals surface area contributed by atoms with Gasteiger partial charge in [-0.15, -0.1) is 0 Å². The number of hydrogen-bond donors (Lipinski definition) is 1. The fourth-order valence-electron chi connectivity index (χ4n) is 1.91. The number of benzene rings is 1. The SMILES string of the molecule is CCNC(Cc1ccco1)c1cccc(I)c1. The van der Waals surface area contributed by atoms with Crippen molar-refractivity contribution in [2.45, 2.75) is 19.4 Å². The summed E-state index contributed by atoms with van der Waals surface area (Å²) in [7, 11) is 0. The Kier molecular flexibility index (Phi) is 4.62. The third kappa shape index (κ3) is 3.57. The van der Waals surface area contributed by atoms with Crippen LogP contribution in [0.2, 0.25) is 0 Å². The molecule has 0 radical (unpaired) electrons. The van der Waals surface area contributed by atoms with Crippen LogP contribution in [0, 0.1) is 3.57 Å². The van der Waals surface area contributed by atoms with Crippen LogP contribution in [-0.2, 0) is 6.42 Å². The Morgan fingerprint density at radius 2 is 2.18 bits per heavy atom. The zero-order valence-electron chi connectivity index (χ0n) is 9.82. The second kappa shape index (κ2) is 6.21. The Morgan fingerprint density at radius 1 is 1.29 bits per heavy atom. The molecule has 1 atom stereocenters. The summed E-state index contributed by atoms with van der Waals surface area (Å²) in [4.78, 5) is 0. The van der Waals surface area contributed by atoms with Crippen LogP contribution in [0.25, 0.3) is 0 Å². The molecule has 0 spiro atoms. The van der Waals surface area contributed by atoms with E-state index in [-0.39, 0.29) is 0 Å². The van der Waals surface area contributed by atoms with Crippen LogP contribution < -0.4 is 5.32 Å². The Balaban J connectivity index is 2.16. The van der Waals surface area contributed by atoms with Gasteiger partial charge >= 0.3 is 0 Å². The van der Waals surface area contributed by atoms with E-state index in [0.717, 1.165) is 18.7 Å². The van der Waals surface area contributed by atoms with Gasteiger partial charge in [0.1, 0.15) is 5.76 Å². The zero-order valence-corrected chi connectivity index (χ0v) is 12.0. The van der Waals surface area contributed by atoms with Gasteiger partial charge in [0, 0.05) is 16.0 Å². The lowest BCUT2D eigenvalue weighted by molar-refractivity contribution is 0.455. The van der Waals surface area contributed by atoms with Gasteiger partial charge in [0.25, 0.3) is 0 Å². The van der Waals surface area contributed by atoms with Crippen LogP contribution in [0.3, 0.4) is 0 Å². The topological polar surface area (TPSA) is 25.2 Å². The molecule has 3 heteroatoms. The third-order valence-corrected chi connectivity index (χ3v) is 3.36. The van der Waals surface area contributed by atoms with Gasteiger partial charge in [0.15, 0.2) is 0 Å². The molecule has 0 saturated carbocycles. The zero-order chi connectivity index (χ0) is 12.1. The molecule has 2 nitrogen and oxygen atoms in total. The highest BCUT2D eigenvalue weighted by Gasteiger charge is 2.12. The minimum Gasteiger partial charge on any atom is -0.469 e. The Labute approximate surface area is 116 Å². The minimum absolute atomic E-state index is 0.320. The molecule has 1 heterocycles. The summed E-state index contributed by atoms with van der Waals surface area (Å²) >= 11 is 2.35. The van der Waals surface area contributed by atoms with Crippen LogP contribution in [-0.4, -0.2) is 6.54 Å². The van der Waals surface area contributed by atoms with Crippen molar-refractivity contribution in [2.75, 3.05) is 6.54 Å². The van der Waals surface area contributed by atoms with Crippen LogP contribution >= 0.6 is 22.6 Å². The highest BCUT2D eigenvalue weighted by atomic mass is 127. The summed E-state index contributed by atoms with van der Waals surface area (Å²) in [6.45, 7) is 3.08. The predicted molar refractivity (Wildman–Crippen MR) is 78.0 cm³/mol. The lowest BCUT2D eigenvalue weighted by Gasteiger charge is -2.17. The minimum atomic E-state index is 0.320. The van der Waals surface area contributed by atoms with Gasteiger partial charge in [-0.25, -0.2) is 0 Å². The molecular formula is C14H16INO. The van der Waals surface area contributed by atoms with Gasteiger partial charge < -0.3 is 9.73 Å². The fourth-order valence-corrected chi connectivity index (χ4v) is 2.47. The van der Waals surface area contributed by atoms with Crippen molar-refractivity contribution in [3.63, 3.8) is 0 Å². The average Bonchev–Trinajstić information content (AvgIpc) is 2.81. The lowest BCUT2D eigenvalue weighted by atomic mass is 10.0. The first-order chi connectivity index (χ1) is 8.29. The summed E-state index contributed by atoms with van der Waals surface area (Å²) in [6, 6.07) is 12.9. The van der Waals surface area contributed by atoms with Gasteiger partial charge in [0.05, 0.1) is 6.26 Å². The normalized spacial score (nSPS) is 12.6. The first-order valence-corrected chi connectivity index (χ1v) is 6.88. The highest BCUT2D eigenvalue weighted by molar-refractivity contribution is 14.1. The Morgan fingerprint density at radius 3 is 2.82 bits per heavy atom. The predicted octanol–water partition coefficient (Wildman–Crippen LogP) is 3.78. The molecule has 0 bridgehead atoms. The molecule has 1 N–H and O–H groups in total.